The number of carbonyl (C=O) groups excluding carboxylic acids is 1. The topological polar surface area (TPSA) is 119 Å². The molecule has 0 unspecified atom stereocenters. The molecule has 34 heavy (non-hydrogen) atoms. The van der Waals surface area contributed by atoms with Crippen molar-refractivity contribution in [1.82, 2.24) is 14.6 Å². The van der Waals surface area contributed by atoms with Gasteiger partial charge in [-0.2, -0.15) is 0 Å². The summed E-state index contributed by atoms with van der Waals surface area (Å²) in [5.41, 5.74) is 2.47. The molecule has 0 saturated heterocycles. The number of rotatable bonds is 7. The second-order valence-electron chi connectivity index (χ2n) is 8.13. The van der Waals surface area contributed by atoms with Crippen LogP contribution in [-0.4, -0.2) is 65.4 Å². The number of amides is 1. The number of carbonyl (C=O) groups is 1. The van der Waals surface area contributed by atoms with E-state index in [9.17, 15) is 13.2 Å². The molecule has 0 bridgehead atoms. The molecule has 1 amide bonds. The summed E-state index contributed by atoms with van der Waals surface area (Å²) in [6.07, 6.45) is 2.66. The monoisotopic (exact) mass is 487 g/mol. The van der Waals surface area contributed by atoms with Crippen molar-refractivity contribution < 1.29 is 32.2 Å². The number of fused-ring (bicyclic) bond motifs is 3. The van der Waals surface area contributed by atoms with Gasteiger partial charge in [-0.25, -0.2) is 13.1 Å². The van der Waals surface area contributed by atoms with Crippen molar-refractivity contribution in [3.05, 3.63) is 41.1 Å². The van der Waals surface area contributed by atoms with E-state index in [1.807, 2.05) is 24.4 Å². The average Bonchev–Trinajstić information content (AvgIpc) is 3.46. The summed E-state index contributed by atoms with van der Waals surface area (Å²) in [5, 5.41) is 0.964. The smallest absolute Gasteiger partial charge is 0.257 e. The first kappa shape index (κ1) is 22.4. The number of sulfonamides is 1. The zero-order valence-corrected chi connectivity index (χ0v) is 19.9. The second-order valence-corrected chi connectivity index (χ2v) is 9.83. The van der Waals surface area contributed by atoms with Gasteiger partial charge < -0.3 is 28.8 Å². The Morgan fingerprint density at radius 3 is 2.74 bits per heavy atom. The SMILES string of the molecule is COc1ccc2[nH]cc(CCNS(=O)(=O)c3c4c(c(OC)c5c3OCO5)C(=O)N(C)CC4)c2c1. The van der Waals surface area contributed by atoms with Gasteiger partial charge in [-0.15, -0.1) is 0 Å². The Morgan fingerprint density at radius 1 is 1.18 bits per heavy atom. The number of hydrogen-bond donors (Lipinski definition) is 2. The Labute approximate surface area is 196 Å². The summed E-state index contributed by atoms with van der Waals surface area (Å²) in [4.78, 5) is 17.6. The molecule has 11 heteroatoms. The molecule has 3 aromatic rings. The number of hydrogen-bond acceptors (Lipinski definition) is 7. The van der Waals surface area contributed by atoms with Crippen LogP contribution >= 0.6 is 0 Å². The second kappa shape index (κ2) is 8.41. The van der Waals surface area contributed by atoms with Crippen LogP contribution in [0.5, 0.6) is 23.0 Å². The van der Waals surface area contributed by atoms with Crippen LogP contribution in [0.4, 0.5) is 0 Å². The zero-order chi connectivity index (χ0) is 24.0. The van der Waals surface area contributed by atoms with Gasteiger partial charge in [-0.05, 0) is 42.2 Å². The molecule has 2 aliphatic heterocycles. The first-order valence-electron chi connectivity index (χ1n) is 10.8. The van der Waals surface area contributed by atoms with Crippen molar-refractivity contribution in [2.24, 2.45) is 0 Å². The molecule has 5 rings (SSSR count). The summed E-state index contributed by atoms with van der Waals surface area (Å²) >= 11 is 0. The minimum atomic E-state index is -4.03. The number of nitrogens with one attached hydrogen (secondary N) is 2. The summed E-state index contributed by atoms with van der Waals surface area (Å²) in [6, 6.07) is 5.69. The van der Waals surface area contributed by atoms with Crippen molar-refractivity contribution in [3.8, 4) is 23.0 Å². The molecule has 2 aliphatic rings. The highest BCUT2D eigenvalue weighted by molar-refractivity contribution is 7.89. The fourth-order valence-electron chi connectivity index (χ4n) is 4.52. The normalized spacial score (nSPS) is 15.0. The highest BCUT2D eigenvalue weighted by atomic mass is 32.2. The molecule has 0 atom stereocenters. The molecule has 0 aliphatic carbocycles. The van der Waals surface area contributed by atoms with Crippen LogP contribution in [0.3, 0.4) is 0 Å². The van der Waals surface area contributed by atoms with Crippen LogP contribution < -0.4 is 23.7 Å². The van der Waals surface area contributed by atoms with Gasteiger partial charge in [-0.3, -0.25) is 4.79 Å². The first-order chi connectivity index (χ1) is 16.4. The standard InChI is InChI=1S/C23H25N3O7S/c1-26-9-7-15-18(23(26)27)19(31-3)20-21(33-12-32-20)22(15)34(28,29)25-8-6-13-11-24-17-5-4-14(30-2)10-16(13)17/h4-5,10-11,24-25H,6-9,12H2,1-3H3. The third-order valence-corrected chi connectivity index (χ3v) is 7.77. The quantitative estimate of drug-likeness (QED) is 0.524. The molecule has 2 aromatic carbocycles. The number of aromatic amines is 1. The lowest BCUT2D eigenvalue weighted by molar-refractivity contribution is 0.0775. The van der Waals surface area contributed by atoms with E-state index >= 15 is 0 Å². The molecule has 2 N–H and O–H groups in total. The van der Waals surface area contributed by atoms with Crippen LogP contribution in [-0.2, 0) is 22.9 Å². The van der Waals surface area contributed by atoms with Crippen LogP contribution in [0, 0.1) is 0 Å². The Morgan fingerprint density at radius 2 is 1.97 bits per heavy atom. The van der Waals surface area contributed by atoms with E-state index in [1.165, 1.54) is 12.0 Å². The van der Waals surface area contributed by atoms with E-state index < -0.39 is 10.0 Å². The summed E-state index contributed by atoms with van der Waals surface area (Å²) in [7, 11) is 0.656. The first-order valence-corrected chi connectivity index (χ1v) is 12.3. The van der Waals surface area contributed by atoms with E-state index in [4.69, 9.17) is 18.9 Å². The molecule has 0 spiro atoms. The molecule has 1 aromatic heterocycles. The maximum atomic E-state index is 13.5. The van der Waals surface area contributed by atoms with Gasteiger partial charge in [0.25, 0.3) is 5.91 Å². The minimum absolute atomic E-state index is 0.0576. The predicted molar refractivity (Wildman–Crippen MR) is 124 cm³/mol. The van der Waals surface area contributed by atoms with E-state index in [0.29, 0.717) is 24.9 Å². The number of benzene rings is 2. The Bertz CT molecular complexity index is 1400. The number of likely N-dealkylation sites (N-methyl/N-ethyl adjacent to an activating group) is 1. The van der Waals surface area contributed by atoms with Crippen LogP contribution in [0.15, 0.2) is 29.3 Å². The van der Waals surface area contributed by atoms with Crippen molar-refractivity contribution in [2.45, 2.75) is 17.7 Å². The Hall–Kier alpha value is -3.44. The van der Waals surface area contributed by atoms with Gasteiger partial charge in [0.05, 0.1) is 19.8 Å². The summed E-state index contributed by atoms with van der Waals surface area (Å²) in [6.45, 7) is 0.378. The molecular formula is C23H25N3O7S. The van der Waals surface area contributed by atoms with Crippen molar-refractivity contribution >= 4 is 26.8 Å². The van der Waals surface area contributed by atoms with Gasteiger partial charge in [0.2, 0.25) is 22.6 Å². The average molecular weight is 488 g/mol. The third-order valence-electron chi connectivity index (χ3n) is 6.22. The third kappa shape index (κ3) is 3.51. The van der Waals surface area contributed by atoms with E-state index in [1.54, 1.807) is 14.2 Å². The van der Waals surface area contributed by atoms with E-state index in [2.05, 4.69) is 9.71 Å². The lowest BCUT2D eigenvalue weighted by Crippen LogP contribution is -2.36. The van der Waals surface area contributed by atoms with Crippen LogP contribution in [0.1, 0.15) is 21.5 Å². The molecule has 3 heterocycles. The lowest BCUT2D eigenvalue weighted by Gasteiger charge is -2.28. The fraction of sp³-hybridized carbons (Fsp3) is 0.348. The molecule has 0 saturated carbocycles. The van der Waals surface area contributed by atoms with Crippen molar-refractivity contribution in [1.29, 1.82) is 0 Å². The maximum Gasteiger partial charge on any atom is 0.257 e. The minimum Gasteiger partial charge on any atom is -0.497 e. The molecular weight excluding hydrogens is 462 g/mol. The lowest BCUT2D eigenvalue weighted by atomic mass is 9.97. The highest BCUT2D eigenvalue weighted by Gasteiger charge is 2.40. The molecule has 10 nitrogen and oxygen atoms in total. The summed E-state index contributed by atoms with van der Waals surface area (Å²) < 4.78 is 51.5. The highest BCUT2D eigenvalue weighted by Crippen LogP contribution is 2.51. The van der Waals surface area contributed by atoms with E-state index in [0.717, 1.165) is 22.2 Å². The number of aromatic nitrogens is 1. The van der Waals surface area contributed by atoms with Crippen molar-refractivity contribution in [2.75, 3.05) is 41.1 Å². The Balaban J connectivity index is 1.48. The predicted octanol–water partition coefficient (Wildman–Crippen LogP) is 2.06. The largest absolute Gasteiger partial charge is 0.497 e. The molecule has 0 radical (unpaired) electrons. The van der Waals surface area contributed by atoms with Gasteiger partial charge in [0.1, 0.15) is 10.6 Å². The maximum absolute atomic E-state index is 13.5. The number of H-pyrrole nitrogens is 1. The van der Waals surface area contributed by atoms with Crippen LogP contribution in [0.2, 0.25) is 0 Å². The van der Waals surface area contributed by atoms with E-state index in [-0.39, 0.29) is 47.0 Å². The number of ether oxygens (including phenoxy) is 4. The van der Waals surface area contributed by atoms with Gasteiger partial charge >= 0.3 is 0 Å². The summed E-state index contributed by atoms with van der Waals surface area (Å²) in [5.74, 6) is 0.818. The number of methoxy groups -OCH3 is 2. The van der Waals surface area contributed by atoms with Gasteiger partial charge in [-0.1, -0.05) is 0 Å². The fourth-order valence-corrected chi connectivity index (χ4v) is 5.96. The van der Waals surface area contributed by atoms with Crippen molar-refractivity contribution in [3.63, 3.8) is 0 Å². The van der Waals surface area contributed by atoms with Crippen LogP contribution in [0.25, 0.3) is 10.9 Å². The Kier molecular flexibility index (Phi) is 5.53. The zero-order valence-electron chi connectivity index (χ0n) is 19.1. The van der Waals surface area contributed by atoms with Gasteiger partial charge in [0.15, 0.2) is 11.5 Å². The molecule has 0 fully saturated rings. The number of nitrogens with zero attached hydrogens (tertiary/aromatic N) is 1. The van der Waals surface area contributed by atoms with Gasteiger partial charge in [0, 0.05) is 37.2 Å². The molecule has 180 valence electrons.